The zero-order valence-corrected chi connectivity index (χ0v) is 16.3. The predicted octanol–water partition coefficient (Wildman–Crippen LogP) is 4.17. The van der Waals surface area contributed by atoms with Crippen molar-refractivity contribution in [3.8, 4) is 0 Å². The third kappa shape index (κ3) is 5.41. The summed E-state index contributed by atoms with van der Waals surface area (Å²) >= 11 is 0. The Morgan fingerprint density at radius 1 is 1.07 bits per heavy atom. The molecule has 0 aliphatic rings. The maximum absolute atomic E-state index is 12.6. The molecule has 3 rings (SSSR count). The number of halogens is 3. The number of anilines is 1. The molecule has 8 heteroatoms. The van der Waals surface area contributed by atoms with Crippen LogP contribution in [0.5, 0.6) is 0 Å². The van der Waals surface area contributed by atoms with E-state index in [9.17, 15) is 18.0 Å². The van der Waals surface area contributed by atoms with Crippen molar-refractivity contribution >= 4 is 16.7 Å². The number of imidazole rings is 1. The fraction of sp³-hybridized carbons (Fsp3) is 0.381. The highest BCUT2D eigenvalue weighted by Crippen LogP contribution is 2.29. The van der Waals surface area contributed by atoms with Crippen LogP contribution >= 0.6 is 0 Å². The fourth-order valence-corrected chi connectivity index (χ4v) is 3.31. The molecule has 3 aromatic rings. The number of likely N-dealkylation sites (N-methyl/N-ethyl adjacent to an activating group) is 1. The van der Waals surface area contributed by atoms with Gasteiger partial charge in [-0.25, -0.2) is 4.79 Å². The van der Waals surface area contributed by atoms with Gasteiger partial charge < -0.3 is 15.2 Å². The van der Waals surface area contributed by atoms with Gasteiger partial charge >= 0.3 is 11.9 Å². The Balaban J connectivity index is 1.46. The Morgan fingerprint density at radius 2 is 1.79 bits per heavy atom. The van der Waals surface area contributed by atoms with Gasteiger partial charge in [-0.2, -0.15) is 13.2 Å². The minimum absolute atomic E-state index is 0.105. The highest BCUT2D eigenvalue weighted by atomic mass is 19.4. The number of fused-ring (bicyclic) bond motifs is 1. The summed E-state index contributed by atoms with van der Waals surface area (Å²) in [5, 5.41) is 3.15. The van der Waals surface area contributed by atoms with Crippen LogP contribution in [0.3, 0.4) is 0 Å². The molecular formula is C21H25F3N4O. The maximum Gasteiger partial charge on any atom is 0.416 e. The second-order valence-corrected chi connectivity index (χ2v) is 6.89. The fourth-order valence-electron chi connectivity index (χ4n) is 3.31. The average Bonchev–Trinajstić information content (AvgIpc) is 3.02. The van der Waals surface area contributed by atoms with E-state index in [-0.39, 0.29) is 5.69 Å². The summed E-state index contributed by atoms with van der Waals surface area (Å²) in [7, 11) is 0. The van der Waals surface area contributed by atoms with Gasteiger partial charge in [0.2, 0.25) is 0 Å². The van der Waals surface area contributed by atoms with E-state index in [4.69, 9.17) is 0 Å². The van der Waals surface area contributed by atoms with Crippen molar-refractivity contribution < 1.29 is 13.2 Å². The molecule has 1 aromatic heterocycles. The molecule has 0 spiro atoms. The lowest BCUT2D eigenvalue weighted by Gasteiger charge is -2.20. The van der Waals surface area contributed by atoms with E-state index in [1.54, 1.807) is 4.57 Å². The molecule has 0 aliphatic heterocycles. The SMILES string of the molecule is CCN(CCCNc1ccc(C(F)(F)F)cc1)CCn1c(=O)[nH]c2ccccc21. The molecule has 5 nitrogen and oxygen atoms in total. The van der Waals surface area contributed by atoms with E-state index < -0.39 is 11.7 Å². The van der Waals surface area contributed by atoms with Gasteiger partial charge in [0.25, 0.3) is 0 Å². The maximum atomic E-state index is 12.6. The first-order valence-electron chi connectivity index (χ1n) is 9.69. The second-order valence-electron chi connectivity index (χ2n) is 6.89. The van der Waals surface area contributed by atoms with Gasteiger partial charge in [0, 0.05) is 25.3 Å². The van der Waals surface area contributed by atoms with Crippen LogP contribution in [0.2, 0.25) is 0 Å². The third-order valence-electron chi connectivity index (χ3n) is 4.96. The highest BCUT2D eigenvalue weighted by Gasteiger charge is 2.29. The van der Waals surface area contributed by atoms with Gasteiger partial charge in [0.1, 0.15) is 0 Å². The summed E-state index contributed by atoms with van der Waals surface area (Å²) in [5.74, 6) is 0. The molecule has 1 heterocycles. The molecule has 0 aliphatic carbocycles. The van der Waals surface area contributed by atoms with Crippen LogP contribution in [0.15, 0.2) is 53.3 Å². The lowest BCUT2D eigenvalue weighted by molar-refractivity contribution is -0.137. The quantitative estimate of drug-likeness (QED) is 0.525. The van der Waals surface area contributed by atoms with Crippen molar-refractivity contribution in [1.29, 1.82) is 0 Å². The second kappa shape index (κ2) is 9.17. The van der Waals surface area contributed by atoms with E-state index in [2.05, 4.69) is 22.1 Å². The van der Waals surface area contributed by atoms with E-state index in [0.717, 1.165) is 49.2 Å². The Bertz CT molecular complexity index is 976. The summed E-state index contributed by atoms with van der Waals surface area (Å²) in [6.07, 6.45) is -3.47. The lowest BCUT2D eigenvalue weighted by Crippen LogP contribution is -2.31. The normalized spacial score (nSPS) is 12.0. The molecule has 29 heavy (non-hydrogen) atoms. The van der Waals surface area contributed by atoms with E-state index >= 15 is 0 Å². The molecule has 0 saturated carbocycles. The molecule has 0 amide bonds. The molecule has 0 radical (unpaired) electrons. The minimum atomic E-state index is -4.31. The molecule has 0 unspecified atom stereocenters. The number of hydrogen-bond donors (Lipinski definition) is 2. The van der Waals surface area contributed by atoms with Gasteiger partial charge in [0.05, 0.1) is 16.6 Å². The van der Waals surface area contributed by atoms with Crippen LogP contribution in [0, 0.1) is 0 Å². The van der Waals surface area contributed by atoms with Gasteiger partial charge in [-0.1, -0.05) is 19.1 Å². The first kappa shape index (κ1) is 21.0. The first-order chi connectivity index (χ1) is 13.9. The topological polar surface area (TPSA) is 53.1 Å². The van der Waals surface area contributed by atoms with Crippen LogP contribution in [0.4, 0.5) is 18.9 Å². The van der Waals surface area contributed by atoms with Gasteiger partial charge in [-0.3, -0.25) is 4.57 Å². The highest BCUT2D eigenvalue weighted by molar-refractivity contribution is 5.74. The van der Waals surface area contributed by atoms with Crippen molar-refractivity contribution in [1.82, 2.24) is 14.5 Å². The van der Waals surface area contributed by atoms with E-state index in [1.165, 1.54) is 12.1 Å². The van der Waals surface area contributed by atoms with Crippen LogP contribution in [0.25, 0.3) is 11.0 Å². The molecule has 2 N–H and O–H groups in total. The number of aromatic nitrogens is 2. The number of rotatable bonds is 9. The predicted molar refractivity (Wildman–Crippen MR) is 109 cm³/mol. The van der Waals surface area contributed by atoms with E-state index in [0.29, 0.717) is 18.8 Å². The Morgan fingerprint density at radius 3 is 2.48 bits per heavy atom. The molecule has 0 bridgehead atoms. The van der Waals surface area contributed by atoms with Gasteiger partial charge in [-0.15, -0.1) is 0 Å². The van der Waals surface area contributed by atoms with Crippen molar-refractivity contribution in [2.45, 2.75) is 26.1 Å². The van der Waals surface area contributed by atoms with Crippen LogP contribution in [-0.4, -0.2) is 40.6 Å². The molecule has 0 atom stereocenters. The number of hydrogen-bond acceptors (Lipinski definition) is 3. The number of aromatic amines is 1. The molecule has 2 aromatic carbocycles. The summed E-state index contributed by atoms with van der Waals surface area (Å²) in [4.78, 5) is 17.3. The summed E-state index contributed by atoms with van der Waals surface area (Å²) in [5.41, 5.74) is 1.66. The number of nitrogens with one attached hydrogen (secondary N) is 2. The van der Waals surface area contributed by atoms with Gasteiger partial charge in [-0.05, 0) is 55.9 Å². The van der Waals surface area contributed by atoms with Crippen molar-refractivity contribution in [2.75, 3.05) is 31.5 Å². The van der Waals surface area contributed by atoms with Crippen LogP contribution in [0.1, 0.15) is 18.9 Å². The average molecular weight is 406 g/mol. The van der Waals surface area contributed by atoms with Crippen LogP contribution in [-0.2, 0) is 12.7 Å². The summed E-state index contributed by atoms with van der Waals surface area (Å²) in [6.45, 7) is 5.77. The zero-order chi connectivity index (χ0) is 20.9. The number of benzene rings is 2. The number of H-pyrrole nitrogens is 1. The van der Waals surface area contributed by atoms with Crippen molar-refractivity contribution in [3.63, 3.8) is 0 Å². The van der Waals surface area contributed by atoms with E-state index in [1.807, 2.05) is 24.3 Å². The van der Waals surface area contributed by atoms with Gasteiger partial charge in [0.15, 0.2) is 0 Å². The number of nitrogens with zero attached hydrogens (tertiary/aromatic N) is 2. The smallest absolute Gasteiger partial charge is 0.385 e. The first-order valence-corrected chi connectivity index (χ1v) is 9.69. The Labute approximate surface area is 167 Å². The Kier molecular flexibility index (Phi) is 6.64. The molecule has 0 saturated heterocycles. The molecular weight excluding hydrogens is 381 g/mol. The largest absolute Gasteiger partial charge is 0.416 e. The van der Waals surface area contributed by atoms with Crippen molar-refractivity contribution in [2.24, 2.45) is 0 Å². The third-order valence-corrected chi connectivity index (χ3v) is 4.96. The van der Waals surface area contributed by atoms with Crippen LogP contribution < -0.4 is 11.0 Å². The number of para-hydroxylation sites is 2. The molecule has 0 fully saturated rings. The Hall–Kier alpha value is -2.74. The minimum Gasteiger partial charge on any atom is -0.385 e. The zero-order valence-electron chi connectivity index (χ0n) is 16.3. The monoisotopic (exact) mass is 406 g/mol. The lowest BCUT2D eigenvalue weighted by atomic mass is 10.2. The summed E-state index contributed by atoms with van der Waals surface area (Å²) in [6, 6.07) is 12.7. The standard InChI is InChI=1S/C21H25F3N4O/c1-2-27(14-15-28-19-7-4-3-6-18(19)26-20(28)29)13-5-12-25-17-10-8-16(9-11-17)21(22,23)24/h3-4,6-11,25H,2,5,12-15H2,1H3,(H,26,29). The number of alkyl halides is 3. The molecule has 156 valence electrons. The van der Waals surface area contributed by atoms with Crippen molar-refractivity contribution in [3.05, 3.63) is 64.6 Å². The summed E-state index contributed by atoms with van der Waals surface area (Å²) < 4.78 is 39.5.